The second-order valence-electron chi connectivity index (χ2n) is 2.57. The van der Waals surface area contributed by atoms with E-state index in [1.54, 1.807) is 0 Å². The van der Waals surface area contributed by atoms with Gasteiger partial charge in [0.15, 0.2) is 11.5 Å². The molecule has 1 rings (SSSR count). The quantitative estimate of drug-likeness (QED) is 0.850. The molecule has 7 heteroatoms. The van der Waals surface area contributed by atoms with E-state index in [0.717, 1.165) is 6.07 Å². The van der Waals surface area contributed by atoms with E-state index in [4.69, 9.17) is 10.5 Å². The highest BCUT2D eigenvalue weighted by Crippen LogP contribution is 2.37. The molecule has 0 saturated heterocycles. The molecule has 3 nitrogen and oxygen atoms in total. The first-order chi connectivity index (χ1) is 6.83. The number of anilines is 1. The van der Waals surface area contributed by atoms with Crippen LogP contribution >= 0.6 is 15.9 Å². The predicted molar refractivity (Wildman–Crippen MR) is 51.8 cm³/mol. The Hall–Kier alpha value is -1.11. The van der Waals surface area contributed by atoms with Crippen molar-refractivity contribution in [1.29, 1.82) is 0 Å². The van der Waals surface area contributed by atoms with Crippen LogP contribution in [0.5, 0.6) is 11.5 Å². The van der Waals surface area contributed by atoms with Crippen molar-refractivity contribution >= 4 is 21.6 Å². The van der Waals surface area contributed by atoms with E-state index < -0.39 is 12.1 Å². The van der Waals surface area contributed by atoms with Crippen LogP contribution in [0.1, 0.15) is 0 Å². The summed E-state index contributed by atoms with van der Waals surface area (Å²) in [6.45, 7) is 0. The molecule has 0 spiro atoms. The highest BCUT2D eigenvalue weighted by Gasteiger charge is 2.32. The van der Waals surface area contributed by atoms with E-state index in [-0.39, 0.29) is 11.4 Å². The van der Waals surface area contributed by atoms with Crippen molar-refractivity contribution in [1.82, 2.24) is 0 Å². The molecule has 0 aliphatic heterocycles. The lowest BCUT2D eigenvalue weighted by molar-refractivity contribution is -0.275. The summed E-state index contributed by atoms with van der Waals surface area (Å²) in [5.74, 6) is -0.515. The Balaban J connectivity index is 3.11. The first-order valence-electron chi connectivity index (χ1n) is 3.72. The first kappa shape index (κ1) is 12.0. The lowest BCUT2D eigenvalue weighted by atomic mass is 10.3. The van der Waals surface area contributed by atoms with Gasteiger partial charge in [0.1, 0.15) is 0 Å². The molecule has 1 aromatic rings. The SMILES string of the molecule is COc1cc(Br)c(N)cc1OC(F)(F)F. The van der Waals surface area contributed by atoms with Gasteiger partial charge < -0.3 is 15.2 Å². The number of rotatable bonds is 2. The molecule has 2 N–H and O–H groups in total. The van der Waals surface area contributed by atoms with Crippen molar-refractivity contribution in [2.45, 2.75) is 6.36 Å². The van der Waals surface area contributed by atoms with Crippen LogP contribution in [0.15, 0.2) is 16.6 Å². The maximum atomic E-state index is 12.0. The fourth-order valence-electron chi connectivity index (χ4n) is 0.915. The molecule has 0 amide bonds. The molecule has 0 fully saturated rings. The third kappa shape index (κ3) is 3.19. The van der Waals surface area contributed by atoms with Crippen molar-refractivity contribution < 1.29 is 22.6 Å². The number of hydrogen-bond acceptors (Lipinski definition) is 3. The number of benzene rings is 1. The van der Waals surface area contributed by atoms with Crippen molar-refractivity contribution in [2.75, 3.05) is 12.8 Å². The molecule has 0 radical (unpaired) electrons. The van der Waals surface area contributed by atoms with Crippen molar-refractivity contribution in [3.05, 3.63) is 16.6 Å². The van der Waals surface area contributed by atoms with Crippen LogP contribution in [0.3, 0.4) is 0 Å². The minimum Gasteiger partial charge on any atom is -0.493 e. The minimum atomic E-state index is -4.77. The zero-order valence-corrected chi connectivity index (χ0v) is 9.15. The second kappa shape index (κ2) is 4.18. The number of methoxy groups -OCH3 is 1. The molecule has 0 aliphatic carbocycles. The van der Waals surface area contributed by atoms with Gasteiger partial charge in [0, 0.05) is 22.3 Å². The molecule has 0 aromatic heterocycles. The van der Waals surface area contributed by atoms with Gasteiger partial charge in [-0.3, -0.25) is 0 Å². The third-order valence-electron chi connectivity index (χ3n) is 1.51. The fraction of sp³-hybridized carbons (Fsp3) is 0.250. The molecule has 0 unspecified atom stereocenters. The van der Waals surface area contributed by atoms with Crippen molar-refractivity contribution in [3.8, 4) is 11.5 Å². The topological polar surface area (TPSA) is 44.5 Å². The summed E-state index contributed by atoms with van der Waals surface area (Å²) in [5, 5.41) is 0. The van der Waals surface area contributed by atoms with Gasteiger partial charge in [0.2, 0.25) is 0 Å². The average Bonchev–Trinajstić information content (AvgIpc) is 2.08. The van der Waals surface area contributed by atoms with E-state index >= 15 is 0 Å². The van der Waals surface area contributed by atoms with E-state index in [2.05, 4.69) is 20.7 Å². The molecular formula is C8H7BrF3NO2. The summed E-state index contributed by atoms with van der Waals surface area (Å²) in [5.41, 5.74) is 5.55. The fourth-order valence-corrected chi connectivity index (χ4v) is 1.24. The Morgan fingerprint density at radius 1 is 1.27 bits per heavy atom. The third-order valence-corrected chi connectivity index (χ3v) is 2.20. The molecule has 84 valence electrons. The molecule has 1 aromatic carbocycles. The molecule has 0 atom stereocenters. The molecule has 15 heavy (non-hydrogen) atoms. The average molecular weight is 286 g/mol. The number of nitrogen functional groups attached to an aromatic ring is 1. The summed E-state index contributed by atoms with van der Waals surface area (Å²) in [7, 11) is 1.24. The van der Waals surface area contributed by atoms with Crippen molar-refractivity contribution in [2.24, 2.45) is 0 Å². The Bertz CT molecular complexity index is 368. The molecular weight excluding hydrogens is 279 g/mol. The zero-order chi connectivity index (χ0) is 11.6. The molecule has 0 heterocycles. The Morgan fingerprint density at radius 2 is 1.87 bits per heavy atom. The number of ether oxygens (including phenoxy) is 2. The van der Waals surface area contributed by atoms with Gasteiger partial charge in [-0.25, -0.2) is 0 Å². The minimum absolute atomic E-state index is 0.0478. The molecule has 0 aliphatic rings. The van der Waals surface area contributed by atoms with Crippen LogP contribution in [-0.2, 0) is 0 Å². The summed E-state index contributed by atoms with van der Waals surface area (Å²) in [6.07, 6.45) is -4.77. The maximum absolute atomic E-state index is 12.0. The monoisotopic (exact) mass is 285 g/mol. The van der Waals surface area contributed by atoms with Gasteiger partial charge in [-0.15, -0.1) is 13.2 Å². The number of hydrogen-bond donors (Lipinski definition) is 1. The van der Waals surface area contributed by atoms with Crippen molar-refractivity contribution in [3.63, 3.8) is 0 Å². The van der Waals surface area contributed by atoms with E-state index in [0.29, 0.717) is 4.47 Å². The van der Waals surface area contributed by atoms with Gasteiger partial charge >= 0.3 is 6.36 Å². The van der Waals surface area contributed by atoms with Crippen LogP contribution in [0, 0.1) is 0 Å². The van der Waals surface area contributed by atoms with Crippen LogP contribution in [0.4, 0.5) is 18.9 Å². The summed E-state index contributed by atoms with van der Waals surface area (Å²) >= 11 is 3.06. The number of alkyl halides is 3. The highest BCUT2D eigenvalue weighted by molar-refractivity contribution is 9.10. The van der Waals surface area contributed by atoms with Gasteiger partial charge in [0.25, 0.3) is 0 Å². The standard InChI is InChI=1S/C8H7BrF3NO2/c1-14-6-2-4(9)5(13)3-7(6)15-8(10,11)12/h2-3H,13H2,1H3. The lowest BCUT2D eigenvalue weighted by Crippen LogP contribution is -2.17. The van der Waals surface area contributed by atoms with E-state index in [1.807, 2.05) is 0 Å². The van der Waals surface area contributed by atoms with Gasteiger partial charge in [-0.05, 0) is 15.9 Å². The normalized spacial score (nSPS) is 11.3. The van der Waals surface area contributed by atoms with Crippen LogP contribution in [0.2, 0.25) is 0 Å². The van der Waals surface area contributed by atoms with Gasteiger partial charge in [-0.1, -0.05) is 0 Å². The number of nitrogens with two attached hydrogens (primary N) is 1. The lowest BCUT2D eigenvalue weighted by Gasteiger charge is -2.13. The molecule has 0 bridgehead atoms. The Kier molecular flexibility index (Phi) is 3.33. The van der Waals surface area contributed by atoms with Crippen LogP contribution < -0.4 is 15.2 Å². The summed E-state index contributed by atoms with van der Waals surface area (Å²) in [6, 6.07) is 2.34. The first-order valence-corrected chi connectivity index (χ1v) is 4.51. The second-order valence-corrected chi connectivity index (χ2v) is 3.43. The van der Waals surface area contributed by atoms with E-state index in [1.165, 1.54) is 13.2 Å². The highest BCUT2D eigenvalue weighted by atomic mass is 79.9. The number of halogens is 4. The summed E-state index contributed by atoms with van der Waals surface area (Å²) < 4.78 is 44.8. The predicted octanol–water partition coefficient (Wildman–Crippen LogP) is 2.94. The van der Waals surface area contributed by atoms with Crippen LogP contribution in [-0.4, -0.2) is 13.5 Å². The Labute approximate surface area is 92.1 Å². The maximum Gasteiger partial charge on any atom is 0.573 e. The smallest absolute Gasteiger partial charge is 0.493 e. The molecule has 0 saturated carbocycles. The van der Waals surface area contributed by atoms with Gasteiger partial charge in [0.05, 0.1) is 7.11 Å². The van der Waals surface area contributed by atoms with Gasteiger partial charge in [-0.2, -0.15) is 0 Å². The Morgan fingerprint density at radius 3 is 2.33 bits per heavy atom. The zero-order valence-electron chi connectivity index (χ0n) is 7.56. The largest absolute Gasteiger partial charge is 0.573 e. The summed E-state index contributed by atoms with van der Waals surface area (Å²) in [4.78, 5) is 0. The van der Waals surface area contributed by atoms with Crippen LogP contribution in [0.25, 0.3) is 0 Å². The van der Waals surface area contributed by atoms with E-state index in [9.17, 15) is 13.2 Å².